The molecule has 104 valence electrons. The van der Waals surface area contributed by atoms with Crippen molar-refractivity contribution < 1.29 is 4.79 Å². The zero-order chi connectivity index (χ0) is 14.7. The Morgan fingerprint density at radius 2 is 1.80 bits per heavy atom. The standard InChI is InChI=1S/C15H12Br2ClNO/c1-19(9-10-2-4-11(16)5-3-10)15(20)13-8-12(18)6-7-14(13)17/h2-8H,9H2,1H3. The molecule has 2 rings (SSSR count). The van der Waals surface area contributed by atoms with Crippen LogP contribution in [0.1, 0.15) is 15.9 Å². The highest BCUT2D eigenvalue weighted by Gasteiger charge is 2.15. The minimum Gasteiger partial charge on any atom is -0.337 e. The molecule has 0 radical (unpaired) electrons. The van der Waals surface area contributed by atoms with E-state index >= 15 is 0 Å². The Morgan fingerprint density at radius 1 is 1.15 bits per heavy atom. The van der Waals surface area contributed by atoms with Gasteiger partial charge in [0.25, 0.3) is 5.91 Å². The van der Waals surface area contributed by atoms with Crippen LogP contribution in [0, 0.1) is 0 Å². The second-order valence-corrected chi connectivity index (χ2v) is 6.62. The second kappa shape index (κ2) is 6.74. The molecule has 2 aromatic carbocycles. The van der Waals surface area contributed by atoms with Gasteiger partial charge in [-0.15, -0.1) is 0 Å². The van der Waals surface area contributed by atoms with Crippen LogP contribution >= 0.6 is 43.5 Å². The molecular formula is C15H12Br2ClNO. The molecule has 0 fully saturated rings. The third-order valence-electron chi connectivity index (χ3n) is 2.84. The van der Waals surface area contributed by atoms with Gasteiger partial charge < -0.3 is 4.90 Å². The first-order chi connectivity index (χ1) is 9.47. The Bertz CT molecular complexity index is 628. The number of halogens is 3. The fourth-order valence-corrected chi connectivity index (χ4v) is 2.66. The number of benzene rings is 2. The quantitative estimate of drug-likeness (QED) is 0.677. The van der Waals surface area contributed by atoms with E-state index in [4.69, 9.17) is 11.6 Å². The van der Waals surface area contributed by atoms with Crippen molar-refractivity contribution in [3.05, 3.63) is 67.6 Å². The van der Waals surface area contributed by atoms with E-state index in [1.807, 2.05) is 24.3 Å². The van der Waals surface area contributed by atoms with Crippen LogP contribution < -0.4 is 0 Å². The Labute approximate surface area is 140 Å². The highest BCUT2D eigenvalue weighted by molar-refractivity contribution is 9.10. The van der Waals surface area contributed by atoms with Gasteiger partial charge >= 0.3 is 0 Å². The minimum atomic E-state index is -0.0673. The predicted molar refractivity (Wildman–Crippen MR) is 89.1 cm³/mol. The average molecular weight is 418 g/mol. The van der Waals surface area contributed by atoms with Gasteiger partial charge in [-0.1, -0.05) is 39.7 Å². The van der Waals surface area contributed by atoms with Crippen molar-refractivity contribution in [2.75, 3.05) is 7.05 Å². The van der Waals surface area contributed by atoms with Gasteiger partial charge in [-0.2, -0.15) is 0 Å². The van der Waals surface area contributed by atoms with Crippen LogP contribution in [0.15, 0.2) is 51.4 Å². The van der Waals surface area contributed by atoms with E-state index in [9.17, 15) is 4.79 Å². The van der Waals surface area contributed by atoms with E-state index in [1.54, 1.807) is 30.1 Å². The number of rotatable bonds is 3. The summed E-state index contributed by atoms with van der Waals surface area (Å²) >= 11 is 12.7. The zero-order valence-corrected chi connectivity index (χ0v) is 14.7. The maximum absolute atomic E-state index is 12.4. The van der Waals surface area contributed by atoms with E-state index < -0.39 is 0 Å². The van der Waals surface area contributed by atoms with E-state index in [-0.39, 0.29) is 5.91 Å². The molecule has 0 aliphatic heterocycles. The maximum Gasteiger partial charge on any atom is 0.255 e. The third kappa shape index (κ3) is 3.84. The van der Waals surface area contributed by atoms with E-state index in [0.29, 0.717) is 17.1 Å². The molecule has 0 heterocycles. The summed E-state index contributed by atoms with van der Waals surface area (Å²) in [5, 5.41) is 0.550. The molecule has 2 aromatic rings. The minimum absolute atomic E-state index is 0.0673. The summed E-state index contributed by atoms with van der Waals surface area (Å²) in [5.41, 5.74) is 1.64. The third-order valence-corrected chi connectivity index (χ3v) is 4.29. The monoisotopic (exact) mass is 415 g/mol. The molecule has 0 aliphatic rings. The van der Waals surface area contributed by atoms with Crippen LogP contribution in [0.4, 0.5) is 0 Å². The Morgan fingerprint density at radius 3 is 2.45 bits per heavy atom. The first kappa shape index (κ1) is 15.5. The van der Waals surface area contributed by atoms with Gasteiger partial charge in [0.2, 0.25) is 0 Å². The van der Waals surface area contributed by atoms with E-state index in [1.165, 1.54) is 0 Å². The van der Waals surface area contributed by atoms with Crippen LogP contribution in [0.2, 0.25) is 5.02 Å². The lowest BCUT2D eigenvalue weighted by atomic mass is 10.1. The highest BCUT2D eigenvalue weighted by Crippen LogP contribution is 2.23. The summed E-state index contributed by atoms with van der Waals surface area (Å²) in [5.74, 6) is -0.0673. The fourth-order valence-electron chi connectivity index (χ4n) is 1.80. The second-order valence-electron chi connectivity index (χ2n) is 4.41. The molecule has 0 spiro atoms. The summed E-state index contributed by atoms with van der Waals surface area (Å²) < 4.78 is 1.77. The fraction of sp³-hybridized carbons (Fsp3) is 0.133. The molecular weight excluding hydrogens is 405 g/mol. The molecule has 0 aromatic heterocycles. The lowest BCUT2D eigenvalue weighted by molar-refractivity contribution is 0.0784. The number of carbonyl (C=O) groups excluding carboxylic acids is 1. The lowest BCUT2D eigenvalue weighted by Crippen LogP contribution is -2.26. The van der Waals surface area contributed by atoms with Crippen molar-refractivity contribution in [1.82, 2.24) is 4.90 Å². The Kier molecular flexibility index (Phi) is 5.24. The van der Waals surface area contributed by atoms with Gasteiger partial charge in [0, 0.05) is 27.6 Å². The van der Waals surface area contributed by atoms with Crippen LogP contribution in [0.25, 0.3) is 0 Å². The summed E-state index contributed by atoms with van der Waals surface area (Å²) in [6.45, 7) is 0.547. The number of nitrogens with zero attached hydrogens (tertiary/aromatic N) is 1. The van der Waals surface area contributed by atoms with Gasteiger partial charge in [-0.05, 0) is 51.8 Å². The topological polar surface area (TPSA) is 20.3 Å². The van der Waals surface area contributed by atoms with E-state index in [0.717, 1.165) is 14.5 Å². The predicted octanol–water partition coefficient (Wildman–Crippen LogP) is 5.14. The summed E-state index contributed by atoms with van der Waals surface area (Å²) in [6.07, 6.45) is 0. The normalized spacial score (nSPS) is 10.4. The van der Waals surface area contributed by atoms with Crippen LogP contribution in [0.3, 0.4) is 0 Å². The first-order valence-corrected chi connectivity index (χ1v) is 7.89. The summed E-state index contributed by atoms with van der Waals surface area (Å²) in [6, 6.07) is 13.1. The molecule has 0 bridgehead atoms. The smallest absolute Gasteiger partial charge is 0.255 e. The molecule has 20 heavy (non-hydrogen) atoms. The molecule has 0 saturated carbocycles. The molecule has 2 nitrogen and oxygen atoms in total. The number of carbonyl (C=O) groups is 1. The van der Waals surface area contributed by atoms with Crippen LogP contribution in [0.5, 0.6) is 0 Å². The number of hydrogen-bond acceptors (Lipinski definition) is 1. The van der Waals surface area contributed by atoms with Gasteiger partial charge in [0.05, 0.1) is 5.56 Å². The zero-order valence-electron chi connectivity index (χ0n) is 10.7. The number of hydrogen-bond donors (Lipinski definition) is 0. The van der Waals surface area contributed by atoms with Crippen LogP contribution in [-0.2, 0) is 6.54 Å². The Balaban J connectivity index is 2.16. The lowest BCUT2D eigenvalue weighted by Gasteiger charge is -2.18. The molecule has 0 N–H and O–H groups in total. The van der Waals surface area contributed by atoms with Crippen molar-refractivity contribution >= 4 is 49.4 Å². The molecule has 5 heteroatoms. The van der Waals surface area contributed by atoms with Crippen LogP contribution in [-0.4, -0.2) is 17.9 Å². The average Bonchev–Trinajstić information content (AvgIpc) is 2.43. The first-order valence-electron chi connectivity index (χ1n) is 5.92. The largest absolute Gasteiger partial charge is 0.337 e. The van der Waals surface area contributed by atoms with E-state index in [2.05, 4.69) is 31.9 Å². The molecule has 1 amide bonds. The highest BCUT2D eigenvalue weighted by atomic mass is 79.9. The van der Waals surface area contributed by atoms with Crippen molar-refractivity contribution in [2.45, 2.75) is 6.54 Å². The van der Waals surface area contributed by atoms with Gasteiger partial charge in [-0.25, -0.2) is 0 Å². The number of amides is 1. The van der Waals surface area contributed by atoms with Crippen molar-refractivity contribution in [1.29, 1.82) is 0 Å². The summed E-state index contributed by atoms with van der Waals surface area (Å²) in [4.78, 5) is 14.1. The molecule has 0 unspecified atom stereocenters. The van der Waals surface area contributed by atoms with Crippen molar-refractivity contribution in [2.24, 2.45) is 0 Å². The molecule has 0 aliphatic carbocycles. The SMILES string of the molecule is CN(Cc1ccc(Br)cc1)C(=O)c1cc(Cl)ccc1Br. The van der Waals surface area contributed by atoms with Crippen molar-refractivity contribution in [3.8, 4) is 0 Å². The Hall–Kier alpha value is -0.840. The van der Waals surface area contributed by atoms with Gasteiger partial charge in [-0.3, -0.25) is 4.79 Å². The molecule has 0 saturated heterocycles. The maximum atomic E-state index is 12.4. The summed E-state index contributed by atoms with van der Waals surface area (Å²) in [7, 11) is 1.78. The van der Waals surface area contributed by atoms with Gasteiger partial charge in [0.1, 0.15) is 0 Å². The molecule has 0 atom stereocenters. The van der Waals surface area contributed by atoms with Crippen molar-refractivity contribution in [3.63, 3.8) is 0 Å². The van der Waals surface area contributed by atoms with Gasteiger partial charge in [0.15, 0.2) is 0 Å².